The number of aryl methyl sites for hydroxylation is 1. The molecule has 3 N–H and O–H groups in total. The molecule has 3 rings (SSSR count). The van der Waals surface area contributed by atoms with Crippen LogP contribution in [0.15, 0.2) is 53.5 Å². The van der Waals surface area contributed by atoms with Gasteiger partial charge in [-0.25, -0.2) is 9.97 Å². The molecule has 0 bridgehead atoms. The predicted molar refractivity (Wildman–Crippen MR) is 105 cm³/mol. The second kappa shape index (κ2) is 8.27. The van der Waals surface area contributed by atoms with E-state index in [1.54, 1.807) is 25.4 Å². The van der Waals surface area contributed by atoms with Gasteiger partial charge in [0.15, 0.2) is 0 Å². The standard InChI is InChI=1S/C20H21N5O2/c1-3-16-10-18(26)25-19(24-16)15-8-9-17(23-12-15)22-11-13-4-6-14(7-5-13)20(27)21-2/h4-10,12H,3,11H2,1-2H3,(H,21,27)(H,22,23)(H,24,25,26). The van der Waals surface area contributed by atoms with Crippen molar-refractivity contribution in [3.8, 4) is 11.4 Å². The van der Waals surface area contributed by atoms with E-state index in [2.05, 4.69) is 25.6 Å². The molecule has 2 aromatic heterocycles. The molecule has 0 fully saturated rings. The van der Waals surface area contributed by atoms with Crippen LogP contribution in [-0.2, 0) is 13.0 Å². The Morgan fingerprint density at radius 1 is 1.15 bits per heavy atom. The van der Waals surface area contributed by atoms with Crippen molar-refractivity contribution >= 4 is 11.7 Å². The zero-order chi connectivity index (χ0) is 19.2. The van der Waals surface area contributed by atoms with Crippen molar-refractivity contribution in [3.05, 3.63) is 75.8 Å². The number of hydrogen-bond donors (Lipinski definition) is 3. The highest BCUT2D eigenvalue weighted by Crippen LogP contribution is 2.15. The van der Waals surface area contributed by atoms with Gasteiger partial charge in [0.25, 0.3) is 11.5 Å². The van der Waals surface area contributed by atoms with Crippen LogP contribution in [0.4, 0.5) is 5.82 Å². The van der Waals surface area contributed by atoms with E-state index in [1.807, 2.05) is 31.2 Å². The minimum atomic E-state index is -0.167. The highest BCUT2D eigenvalue weighted by Gasteiger charge is 2.05. The number of pyridine rings is 1. The number of aromatic nitrogens is 3. The Kier molecular flexibility index (Phi) is 5.61. The second-order valence-corrected chi connectivity index (χ2v) is 6.00. The third-order valence-corrected chi connectivity index (χ3v) is 4.11. The van der Waals surface area contributed by atoms with Crippen LogP contribution in [-0.4, -0.2) is 27.9 Å². The van der Waals surface area contributed by atoms with Gasteiger partial charge in [0, 0.05) is 42.7 Å². The highest BCUT2D eigenvalue weighted by atomic mass is 16.1. The summed E-state index contributed by atoms with van der Waals surface area (Å²) in [5.74, 6) is 1.12. The van der Waals surface area contributed by atoms with E-state index in [4.69, 9.17) is 0 Å². The number of nitrogens with one attached hydrogen (secondary N) is 3. The first kappa shape index (κ1) is 18.3. The fraction of sp³-hybridized carbons (Fsp3) is 0.200. The number of benzene rings is 1. The third kappa shape index (κ3) is 4.58. The van der Waals surface area contributed by atoms with Gasteiger partial charge in [0.05, 0.1) is 0 Å². The number of H-pyrrole nitrogens is 1. The normalized spacial score (nSPS) is 10.4. The topological polar surface area (TPSA) is 99.8 Å². The van der Waals surface area contributed by atoms with Crippen LogP contribution in [0.25, 0.3) is 11.4 Å². The summed E-state index contributed by atoms with van der Waals surface area (Å²) in [6, 6.07) is 12.6. The van der Waals surface area contributed by atoms with Gasteiger partial charge in [0.1, 0.15) is 11.6 Å². The van der Waals surface area contributed by atoms with Crippen molar-refractivity contribution in [3.63, 3.8) is 0 Å². The van der Waals surface area contributed by atoms with Gasteiger partial charge in [0.2, 0.25) is 0 Å². The van der Waals surface area contributed by atoms with Crippen LogP contribution in [0.2, 0.25) is 0 Å². The molecule has 1 amide bonds. The van der Waals surface area contributed by atoms with E-state index in [9.17, 15) is 9.59 Å². The van der Waals surface area contributed by atoms with Crippen LogP contribution >= 0.6 is 0 Å². The molecule has 0 spiro atoms. The average molecular weight is 363 g/mol. The Labute approximate surface area is 156 Å². The first-order valence-corrected chi connectivity index (χ1v) is 8.70. The summed E-state index contributed by atoms with van der Waals surface area (Å²) in [5.41, 5.74) is 2.99. The molecule has 2 heterocycles. The summed E-state index contributed by atoms with van der Waals surface area (Å²) in [4.78, 5) is 34.8. The van der Waals surface area contributed by atoms with Crippen molar-refractivity contribution < 1.29 is 4.79 Å². The lowest BCUT2D eigenvalue weighted by Gasteiger charge is -2.08. The Morgan fingerprint density at radius 3 is 2.56 bits per heavy atom. The number of hydrogen-bond acceptors (Lipinski definition) is 5. The van der Waals surface area contributed by atoms with Crippen molar-refractivity contribution in [2.45, 2.75) is 19.9 Å². The summed E-state index contributed by atoms with van der Waals surface area (Å²) in [7, 11) is 1.61. The maximum absolute atomic E-state index is 11.7. The van der Waals surface area contributed by atoms with E-state index in [1.165, 1.54) is 6.07 Å². The van der Waals surface area contributed by atoms with E-state index < -0.39 is 0 Å². The van der Waals surface area contributed by atoms with Gasteiger partial charge >= 0.3 is 0 Å². The van der Waals surface area contributed by atoms with Gasteiger partial charge in [-0.3, -0.25) is 9.59 Å². The van der Waals surface area contributed by atoms with Crippen LogP contribution in [0.5, 0.6) is 0 Å². The molecule has 0 saturated carbocycles. The summed E-state index contributed by atoms with van der Waals surface area (Å²) in [6.07, 6.45) is 2.37. The van der Waals surface area contributed by atoms with Crippen LogP contribution in [0.1, 0.15) is 28.5 Å². The Bertz CT molecular complexity index is 979. The van der Waals surface area contributed by atoms with E-state index in [-0.39, 0.29) is 11.5 Å². The summed E-state index contributed by atoms with van der Waals surface area (Å²) in [5, 5.41) is 5.83. The van der Waals surface area contributed by atoms with E-state index in [0.717, 1.165) is 16.8 Å². The van der Waals surface area contributed by atoms with E-state index in [0.29, 0.717) is 30.2 Å². The maximum Gasteiger partial charge on any atom is 0.251 e. The zero-order valence-corrected chi connectivity index (χ0v) is 15.2. The predicted octanol–water partition coefficient (Wildman–Crippen LogP) is 2.37. The summed E-state index contributed by atoms with van der Waals surface area (Å²) < 4.78 is 0. The third-order valence-electron chi connectivity index (χ3n) is 4.11. The highest BCUT2D eigenvalue weighted by molar-refractivity contribution is 5.93. The number of rotatable bonds is 6. The van der Waals surface area contributed by atoms with Crippen LogP contribution < -0.4 is 16.2 Å². The molecule has 0 aliphatic carbocycles. The van der Waals surface area contributed by atoms with Gasteiger partial charge in [-0.15, -0.1) is 0 Å². The molecule has 0 atom stereocenters. The Balaban J connectivity index is 1.67. The number of anilines is 1. The molecule has 0 radical (unpaired) electrons. The van der Waals surface area contributed by atoms with Gasteiger partial charge in [-0.2, -0.15) is 0 Å². The van der Waals surface area contributed by atoms with Crippen molar-refractivity contribution in [2.24, 2.45) is 0 Å². The molecule has 3 aromatic rings. The SMILES string of the molecule is CCc1cc(=O)[nH]c(-c2ccc(NCc3ccc(C(=O)NC)cc3)nc2)n1. The monoisotopic (exact) mass is 363 g/mol. The molecule has 0 unspecified atom stereocenters. The summed E-state index contributed by atoms with van der Waals surface area (Å²) >= 11 is 0. The second-order valence-electron chi connectivity index (χ2n) is 6.00. The molecule has 1 aromatic carbocycles. The minimum Gasteiger partial charge on any atom is -0.366 e. The largest absolute Gasteiger partial charge is 0.366 e. The molecular formula is C20H21N5O2. The lowest BCUT2D eigenvalue weighted by molar-refractivity contribution is 0.0963. The van der Waals surface area contributed by atoms with Crippen LogP contribution in [0, 0.1) is 0 Å². The molecule has 138 valence electrons. The molecular weight excluding hydrogens is 342 g/mol. The van der Waals surface area contributed by atoms with Gasteiger partial charge < -0.3 is 15.6 Å². The molecule has 27 heavy (non-hydrogen) atoms. The molecule has 0 aliphatic heterocycles. The fourth-order valence-corrected chi connectivity index (χ4v) is 2.58. The summed E-state index contributed by atoms with van der Waals surface area (Å²) in [6.45, 7) is 2.54. The number of nitrogens with zero attached hydrogens (tertiary/aromatic N) is 2. The van der Waals surface area contributed by atoms with Crippen molar-refractivity contribution in [2.75, 3.05) is 12.4 Å². The van der Waals surface area contributed by atoms with Crippen molar-refractivity contribution in [1.29, 1.82) is 0 Å². The van der Waals surface area contributed by atoms with E-state index >= 15 is 0 Å². The Hall–Kier alpha value is -3.48. The lowest BCUT2D eigenvalue weighted by atomic mass is 10.1. The number of carbonyl (C=O) groups excluding carboxylic acids is 1. The first-order chi connectivity index (χ1) is 13.1. The molecule has 7 nitrogen and oxygen atoms in total. The Morgan fingerprint density at radius 2 is 1.93 bits per heavy atom. The quantitative estimate of drug-likeness (QED) is 0.624. The first-order valence-electron chi connectivity index (χ1n) is 8.70. The van der Waals surface area contributed by atoms with Gasteiger partial charge in [-0.05, 0) is 36.2 Å². The fourth-order valence-electron chi connectivity index (χ4n) is 2.58. The smallest absolute Gasteiger partial charge is 0.251 e. The number of carbonyl (C=O) groups is 1. The average Bonchev–Trinajstić information content (AvgIpc) is 2.72. The molecule has 0 saturated heterocycles. The van der Waals surface area contributed by atoms with Gasteiger partial charge in [-0.1, -0.05) is 19.1 Å². The minimum absolute atomic E-state index is 0.106. The van der Waals surface area contributed by atoms with Crippen LogP contribution in [0.3, 0.4) is 0 Å². The lowest BCUT2D eigenvalue weighted by Crippen LogP contribution is -2.17. The molecule has 7 heteroatoms. The maximum atomic E-state index is 11.7. The zero-order valence-electron chi connectivity index (χ0n) is 15.2. The van der Waals surface area contributed by atoms with Crippen molar-refractivity contribution in [1.82, 2.24) is 20.3 Å². The number of amides is 1. The number of aromatic amines is 1. The molecule has 0 aliphatic rings.